The van der Waals surface area contributed by atoms with Crippen molar-refractivity contribution in [3.63, 3.8) is 0 Å². The lowest BCUT2D eigenvalue weighted by atomic mass is 10.3. The van der Waals surface area contributed by atoms with Crippen LogP contribution in [-0.4, -0.2) is 37.2 Å². The van der Waals surface area contributed by atoms with Crippen molar-refractivity contribution in [2.75, 3.05) is 20.2 Å². The third-order valence-electron chi connectivity index (χ3n) is 1.14. The number of hydrogen-bond acceptors (Lipinski definition) is 3. The number of ether oxygens (including phenoxy) is 1. The van der Waals surface area contributed by atoms with E-state index in [1.54, 1.807) is 14.0 Å². The van der Waals surface area contributed by atoms with E-state index in [0.717, 1.165) is 0 Å². The first-order chi connectivity index (χ1) is 5.07. The molecule has 0 aromatic carbocycles. The Morgan fingerprint density at radius 2 is 2.27 bits per heavy atom. The molecule has 4 nitrogen and oxygen atoms in total. The summed E-state index contributed by atoms with van der Waals surface area (Å²) in [6, 6.07) is -0.00981. The van der Waals surface area contributed by atoms with E-state index in [9.17, 15) is 4.79 Å². The number of likely N-dealkylation sites (N-methyl/N-ethyl adjacent to an activating group) is 1. The molecular formula is C7H16N2O2. The van der Waals surface area contributed by atoms with E-state index in [0.29, 0.717) is 13.2 Å². The number of carbonyl (C=O) groups is 1. The van der Waals surface area contributed by atoms with Crippen molar-refractivity contribution in [1.29, 1.82) is 0 Å². The molecule has 0 fully saturated rings. The monoisotopic (exact) mass is 160 g/mol. The molecule has 0 aliphatic rings. The maximum Gasteiger partial charge on any atom is 0.409 e. The molecule has 0 aromatic rings. The van der Waals surface area contributed by atoms with Crippen LogP contribution in [-0.2, 0) is 4.74 Å². The van der Waals surface area contributed by atoms with Gasteiger partial charge in [-0.3, -0.25) is 0 Å². The molecule has 4 heteroatoms. The molecule has 0 bridgehead atoms. The fourth-order valence-electron chi connectivity index (χ4n) is 0.740. The quantitative estimate of drug-likeness (QED) is 0.651. The van der Waals surface area contributed by atoms with Gasteiger partial charge in [0, 0.05) is 19.6 Å². The average Bonchev–Trinajstić information content (AvgIpc) is 1.86. The van der Waals surface area contributed by atoms with Crippen LogP contribution in [0.2, 0.25) is 0 Å². The second kappa shape index (κ2) is 4.96. The van der Waals surface area contributed by atoms with Crippen molar-refractivity contribution in [3.05, 3.63) is 0 Å². The van der Waals surface area contributed by atoms with Gasteiger partial charge < -0.3 is 15.4 Å². The predicted molar refractivity (Wildman–Crippen MR) is 43.3 cm³/mol. The Bertz CT molecular complexity index is 126. The van der Waals surface area contributed by atoms with Gasteiger partial charge in [-0.05, 0) is 13.8 Å². The summed E-state index contributed by atoms with van der Waals surface area (Å²) in [6.45, 7) is 4.55. The Labute approximate surface area is 67.3 Å². The van der Waals surface area contributed by atoms with Gasteiger partial charge in [0.25, 0.3) is 0 Å². The zero-order valence-electron chi connectivity index (χ0n) is 7.33. The molecule has 0 aliphatic heterocycles. The second-order valence-electron chi connectivity index (χ2n) is 2.56. The van der Waals surface area contributed by atoms with Gasteiger partial charge in [-0.2, -0.15) is 0 Å². The Morgan fingerprint density at radius 1 is 1.73 bits per heavy atom. The van der Waals surface area contributed by atoms with E-state index in [2.05, 4.69) is 0 Å². The van der Waals surface area contributed by atoms with Crippen LogP contribution in [0.1, 0.15) is 13.8 Å². The summed E-state index contributed by atoms with van der Waals surface area (Å²) >= 11 is 0. The molecule has 1 amide bonds. The molecule has 0 heterocycles. The zero-order valence-corrected chi connectivity index (χ0v) is 7.33. The molecule has 2 N–H and O–H groups in total. The Kier molecular flexibility index (Phi) is 4.61. The van der Waals surface area contributed by atoms with Gasteiger partial charge in [0.2, 0.25) is 0 Å². The first-order valence-corrected chi connectivity index (χ1v) is 3.71. The van der Waals surface area contributed by atoms with E-state index in [4.69, 9.17) is 10.5 Å². The van der Waals surface area contributed by atoms with Gasteiger partial charge in [0.05, 0.1) is 6.61 Å². The van der Waals surface area contributed by atoms with Crippen LogP contribution in [0.3, 0.4) is 0 Å². The first kappa shape index (κ1) is 10.2. The first-order valence-electron chi connectivity index (χ1n) is 3.71. The van der Waals surface area contributed by atoms with E-state index >= 15 is 0 Å². The molecule has 0 saturated heterocycles. The summed E-state index contributed by atoms with van der Waals surface area (Å²) in [4.78, 5) is 12.4. The van der Waals surface area contributed by atoms with E-state index in [1.165, 1.54) is 4.90 Å². The fraction of sp³-hybridized carbons (Fsp3) is 0.857. The van der Waals surface area contributed by atoms with Crippen molar-refractivity contribution in [2.24, 2.45) is 5.73 Å². The average molecular weight is 160 g/mol. The van der Waals surface area contributed by atoms with Gasteiger partial charge in [0.15, 0.2) is 0 Å². The van der Waals surface area contributed by atoms with Crippen molar-refractivity contribution in [1.82, 2.24) is 4.90 Å². The number of rotatable bonds is 3. The summed E-state index contributed by atoms with van der Waals surface area (Å²) in [5.41, 5.74) is 5.48. The zero-order chi connectivity index (χ0) is 8.85. The molecule has 1 atom stereocenters. The molecule has 0 rings (SSSR count). The fourth-order valence-corrected chi connectivity index (χ4v) is 0.740. The molecule has 0 spiro atoms. The number of nitrogens with two attached hydrogens (primary N) is 1. The van der Waals surface area contributed by atoms with Gasteiger partial charge in [0.1, 0.15) is 0 Å². The smallest absolute Gasteiger partial charge is 0.409 e. The number of nitrogens with zero attached hydrogens (tertiary/aromatic N) is 1. The van der Waals surface area contributed by atoms with Crippen LogP contribution in [0, 0.1) is 0 Å². The van der Waals surface area contributed by atoms with Crippen LogP contribution in [0.4, 0.5) is 4.79 Å². The maximum atomic E-state index is 10.9. The van der Waals surface area contributed by atoms with Crippen molar-refractivity contribution in [2.45, 2.75) is 19.9 Å². The van der Waals surface area contributed by atoms with Crippen LogP contribution in [0.25, 0.3) is 0 Å². The maximum absolute atomic E-state index is 10.9. The van der Waals surface area contributed by atoms with E-state index in [-0.39, 0.29) is 12.1 Å². The lowest BCUT2D eigenvalue weighted by molar-refractivity contribution is 0.114. The summed E-state index contributed by atoms with van der Waals surface area (Å²) in [5.74, 6) is 0. The van der Waals surface area contributed by atoms with Crippen molar-refractivity contribution < 1.29 is 9.53 Å². The normalized spacial score (nSPS) is 12.4. The topological polar surface area (TPSA) is 55.6 Å². The molecule has 0 saturated carbocycles. The van der Waals surface area contributed by atoms with Crippen LogP contribution < -0.4 is 5.73 Å². The second-order valence-corrected chi connectivity index (χ2v) is 2.56. The molecule has 11 heavy (non-hydrogen) atoms. The minimum absolute atomic E-state index is 0.00981. The number of amides is 1. The van der Waals surface area contributed by atoms with Crippen LogP contribution in [0.5, 0.6) is 0 Å². The highest BCUT2D eigenvalue weighted by molar-refractivity contribution is 5.67. The highest BCUT2D eigenvalue weighted by atomic mass is 16.5. The summed E-state index contributed by atoms with van der Waals surface area (Å²) in [7, 11) is 1.67. The highest BCUT2D eigenvalue weighted by Gasteiger charge is 2.09. The summed E-state index contributed by atoms with van der Waals surface area (Å²) in [6.07, 6.45) is -0.315. The van der Waals surface area contributed by atoms with Crippen LogP contribution in [0.15, 0.2) is 0 Å². The highest BCUT2D eigenvalue weighted by Crippen LogP contribution is 1.90. The number of hydrogen-bond donors (Lipinski definition) is 1. The van der Waals surface area contributed by atoms with E-state index in [1.807, 2.05) is 6.92 Å². The largest absolute Gasteiger partial charge is 0.450 e. The molecule has 0 radical (unpaired) electrons. The standard InChI is InChI=1S/C7H16N2O2/c1-4-11-7(10)9(3)5-6(2)8/h6H,4-5,8H2,1-3H3. The Hall–Kier alpha value is -0.770. The lowest BCUT2D eigenvalue weighted by Gasteiger charge is -2.17. The third kappa shape index (κ3) is 4.61. The SMILES string of the molecule is CCOC(=O)N(C)CC(C)N. The van der Waals surface area contributed by atoms with Gasteiger partial charge in [-0.15, -0.1) is 0 Å². The van der Waals surface area contributed by atoms with Gasteiger partial charge in [-0.25, -0.2) is 4.79 Å². The molecule has 0 aromatic heterocycles. The lowest BCUT2D eigenvalue weighted by Crippen LogP contribution is -2.37. The number of carbonyl (C=O) groups excluding carboxylic acids is 1. The Balaban J connectivity index is 3.64. The van der Waals surface area contributed by atoms with Crippen molar-refractivity contribution >= 4 is 6.09 Å². The molecule has 0 aliphatic carbocycles. The molecule has 66 valence electrons. The minimum Gasteiger partial charge on any atom is -0.450 e. The van der Waals surface area contributed by atoms with Crippen molar-refractivity contribution in [3.8, 4) is 0 Å². The predicted octanol–water partition coefficient (Wildman–Crippen LogP) is 0.422. The molecule has 1 unspecified atom stereocenters. The van der Waals surface area contributed by atoms with Crippen LogP contribution >= 0.6 is 0 Å². The van der Waals surface area contributed by atoms with Gasteiger partial charge >= 0.3 is 6.09 Å². The van der Waals surface area contributed by atoms with E-state index < -0.39 is 0 Å². The summed E-state index contributed by atoms with van der Waals surface area (Å²) < 4.78 is 4.74. The minimum atomic E-state index is -0.315. The molecular weight excluding hydrogens is 144 g/mol. The Morgan fingerprint density at radius 3 is 2.64 bits per heavy atom. The third-order valence-corrected chi connectivity index (χ3v) is 1.14. The summed E-state index contributed by atoms with van der Waals surface area (Å²) in [5, 5.41) is 0. The van der Waals surface area contributed by atoms with Gasteiger partial charge in [-0.1, -0.05) is 0 Å².